The molecule has 5 rings (SSSR count). The highest BCUT2D eigenvalue weighted by Gasteiger charge is 2.46. The van der Waals surface area contributed by atoms with E-state index in [2.05, 4.69) is 17.4 Å². The predicted octanol–water partition coefficient (Wildman–Crippen LogP) is 2.35. The van der Waals surface area contributed by atoms with E-state index in [1.807, 2.05) is 36.4 Å². The van der Waals surface area contributed by atoms with Crippen LogP contribution in [-0.2, 0) is 14.3 Å². The molecule has 2 unspecified atom stereocenters. The molecule has 2 aromatic carbocycles. The number of aliphatic hydroxyl groups is 1. The number of carbonyl (C=O) groups is 3. The van der Waals surface area contributed by atoms with Crippen molar-refractivity contribution in [3.8, 4) is 11.1 Å². The minimum absolute atomic E-state index is 0.0105. The van der Waals surface area contributed by atoms with Gasteiger partial charge in [0.05, 0.1) is 6.10 Å². The van der Waals surface area contributed by atoms with E-state index in [0.717, 1.165) is 35.1 Å². The van der Waals surface area contributed by atoms with Crippen LogP contribution in [0.4, 0.5) is 4.79 Å². The topological polar surface area (TPSA) is 116 Å². The molecule has 1 saturated carbocycles. The van der Waals surface area contributed by atoms with Crippen LogP contribution in [0.1, 0.15) is 36.3 Å². The lowest BCUT2D eigenvalue weighted by molar-refractivity contribution is -0.149. The van der Waals surface area contributed by atoms with E-state index in [4.69, 9.17) is 4.74 Å². The van der Waals surface area contributed by atoms with Gasteiger partial charge in [0.15, 0.2) is 0 Å². The Morgan fingerprint density at radius 3 is 2.21 bits per heavy atom. The lowest BCUT2D eigenvalue weighted by Crippen LogP contribution is -2.53. The van der Waals surface area contributed by atoms with Gasteiger partial charge in [0.25, 0.3) is 0 Å². The average molecular weight is 450 g/mol. The van der Waals surface area contributed by atoms with E-state index < -0.39 is 36.2 Å². The monoisotopic (exact) mass is 450 g/mol. The Labute approximate surface area is 191 Å². The zero-order chi connectivity index (χ0) is 23.1. The van der Waals surface area contributed by atoms with Crippen LogP contribution < -0.4 is 5.32 Å². The summed E-state index contributed by atoms with van der Waals surface area (Å²) in [6.45, 7) is 0.0804. The number of aliphatic carboxylic acids is 1. The molecule has 3 N–H and O–H groups in total. The second-order valence-corrected chi connectivity index (χ2v) is 9.02. The molecule has 2 fully saturated rings. The first-order valence-corrected chi connectivity index (χ1v) is 11.3. The first-order chi connectivity index (χ1) is 15.9. The van der Waals surface area contributed by atoms with Gasteiger partial charge in [0.2, 0.25) is 5.91 Å². The van der Waals surface area contributed by atoms with Crippen molar-refractivity contribution in [2.75, 3.05) is 13.2 Å². The van der Waals surface area contributed by atoms with Crippen molar-refractivity contribution in [3.05, 3.63) is 59.7 Å². The van der Waals surface area contributed by atoms with E-state index in [1.165, 1.54) is 4.90 Å². The summed E-state index contributed by atoms with van der Waals surface area (Å²) in [5, 5.41) is 22.0. The molecule has 1 heterocycles. The fraction of sp³-hybridized carbons (Fsp3) is 0.400. The summed E-state index contributed by atoms with van der Waals surface area (Å²) in [6.07, 6.45) is -0.0516. The van der Waals surface area contributed by atoms with Crippen LogP contribution >= 0.6 is 0 Å². The standard InChI is InChI=1S/C25H26N2O6/c28-15-11-21(24(30)31)27(12-15)23(29)22(14-9-10-14)26-25(32)33-13-20-18-7-3-1-5-16(18)17-6-2-4-8-19(17)20/h1-8,14-15,20-22,28H,9-13H2,(H,26,32)(H,30,31)/t15?,21-,22?/m0/s1. The Bertz CT molecular complexity index is 1050. The smallest absolute Gasteiger partial charge is 0.407 e. The highest BCUT2D eigenvalue weighted by molar-refractivity contribution is 5.90. The Balaban J connectivity index is 1.27. The zero-order valence-corrected chi connectivity index (χ0v) is 18.0. The lowest BCUT2D eigenvalue weighted by Gasteiger charge is -2.27. The molecular weight excluding hydrogens is 424 g/mol. The molecule has 33 heavy (non-hydrogen) atoms. The Morgan fingerprint density at radius 1 is 1.03 bits per heavy atom. The van der Waals surface area contributed by atoms with E-state index in [9.17, 15) is 24.6 Å². The van der Waals surface area contributed by atoms with E-state index >= 15 is 0 Å². The Kier molecular flexibility index (Phi) is 5.54. The molecule has 1 aliphatic heterocycles. The largest absolute Gasteiger partial charge is 0.480 e. The number of hydrogen-bond donors (Lipinski definition) is 3. The molecule has 1 saturated heterocycles. The van der Waals surface area contributed by atoms with E-state index in [1.54, 1.807) is 0 Å². The minimum atomic E-state index is -1.16. The maximum atomic E-state index is 13.1. The number of carboxylic acids is 1. The number of nitrogens with one attached hydrogen (secondary N) is 1. The van der Waals surface area contributed by atoms with Crippen LogP contribution in [0.3, 0.4) is 0 Å². The van der Waals surface area contributed by atoms with Crippen LogP contribution in [-0.4, -0.2) is 64.4 Å². The van der Waals surface area contributed by atoms with Gasteiger partial charge in [-0.15, -0.1) is 0 Å². The molecule has 8 heteroatoms. The maximum Gasteiger partial charge on any atom is 0.407 e. The van der Waals surface area contributed by atoms with Gasteiger partial charge in [-0.3, -0.25) is 4.79 Å². The van der Waals surface area contributed by atoms with E-state index in [0.29, 0.717) is 0 Å². The normalized spacial score (nSPS) is 22.4. The molecule has 0 radical (unpaired) electrons. The number of amides is 2. The van der Waals surface area contributed by atoms with Crippen molar-refractivity contribution in [1.82, 2.24) is 10.2 Å². The third-order valence-corrected chi connectivity index (χ3v) is 6.82. The number of benzene rings is 2. The number of alkyl carbamates (subject to hydrolysis) is 1. The first kappa shape index (κ1) is 21.5. The number of carbonyl (C=O) groups excluding carboxylic acids is 2. The molecular formula is C25H26N2O6. The van der Waals surface area contributed by atoms with Gasteiger partial charge < -0.3 is 25.2 Å². The zero-order valence-electron chi connectivity index (χ0n) is 18.0. The van der Waals surface area contributed by atoms with Gasteiger partial charge in [0.1, 0.15) is 18.7 Å². The number of fused-ring (bicyclic) bond motifs is 3. The van der Waals surface area contributed by atoms with Crippen LogP contribution in [0.2, 0.25) is 0 Å². The molecule has 0 spiro atoms. The van der Waals surface area contributed by atoms with Crippen molar-refractivity contribution in [1.29, 1.82) is 0 Å². The van der Waals surface area contributed by atoms with Gasteiger partial charge in [-0.2, -0.15) is 0 Å². The summed E-state index contributed by atoms with van der Waals surface area (Å²) >= 11 is 0. The van der Waals surface area contributed by atoms with Gasteiger partial charge in [-0.25, -0.2) is 9.59 Å². The summed E-state index contributed by atoms with van der Waals surface area (Å²) in [5.41, 5.74) is 4.44. The van der Waals surface area contributed by atoms with Gasteiger partial charge in [-0.05, 0) is 41.0 Å². The van der Waals surface area contributed by atoms with Crippen molar-refractivity contribution in [2.45, 2.75) is 43.4 Å². The molecule has 2 aromatic rings. The Hall–Kier alpha value is -3.39. The minimum Gasteiger partial charge on any atom is -0.480 e. The summed E-state index contributed by atoms with van der Waals surface area (Å²) in [6, 6.07) is 14.1. The predicted molar refractivity (Wildman–Crippen MR) is 118 cm³/mol. The third-order valence-electron chi connectivity index (χ3n) is 6.82. The fourth-order valence-electron chi connectivity index (χ4n) is 5.05. The number of nitrogens with zero attached hydrogens (tertiary/aromatic N) is 1. The Morgan fingerprint density at radius 2 is 1.64 bits per heavy atom. The number of aliphatic hydroxyl groups excluding tert-OH is 1. The fourth-order valence-corrected chi connectivity index (χ4v) is 5.05. The number of ether oxygens (including phenoxy) is 1. The third kappa shape index (κ3) is 4.06. The van der Waals surface area contributed by atoms with Crippen LogP contribution in [0.5, 0.6) is 0 Å². The van der Waals surface area contributed by atoms with Gasteiger partial charge >= 0.3 is 12.1 Å². The van der Waals surface area contributed by atoms with Crippen molar-refractivity contribution >= 4 is 18.0 Å². The number of likely N-dealkylation sites (tertiary alicyclic amines) is 1. The summed E-state index contributed by atoms with van der Waals surface area (Å²) in [5.74, 6) is -1.78. The second-order valence-electron chi connectivity index (χ2n) is 9.02. The van der Waals surface area contributed by atoms with Crippen LogP contribution in [0, 0.1) is 5.92 Å². The van der Waals surface area contributed by atoms with Crippen LogP contribution in [0.15, 0.2) is 48.5 Å². The molecule has 172 valence electrons. The maximum absolute atomic E-state index is 13.1. The summed E-state index contributed by atoms with van der Waals surface area (Å²) < 4.78 is 5.57. The second kappa shape index (κ2) is 8.51. The van der Waals surface area contributed by atoms with Crippen molar-refractivity contribution < 1.29 is 29.3 Å². The highest BCUT2D eigenvalue weighted by Crippen LogP contribution is 2.44. The van der Waals surface area contributed by atoms with Crippen molar-refractivity contribution in [2.24, 2.45) is 5.92 Å². The molecule has 2 amide bonds. The van der Waals surface area contributed by atoms with Crippen LogP contribution in [0.25, 0.3) is 11.1 Å². The first-order valence-electron chi connectivity index (χ1n) is 11.3. The summed E-state index contributed by atoms with van der Waals surface area (Å²) in [4.78, 5) is 38.5. The highest BCUT2D eigenvalue weighted by atomic mass is 16.5. The molecule has 0 aromatic heterocycles. The molecule has 8 nitrogen and oxygen atoms in total. The quantitative estimate of drug-likeness (QED) is 0.622. The number of carboxylic acid groups (broad SMARTS) is 1. The van der Waals surface area contributed by atoms with Gasteiger partial charge in [0, 0.05) is 18.9 Å². The number of hydrogen-bond acceptors (Lipinski definition) is 5. The molecule has 3 atom stereocenters. The molecule has 2 aliphatic carbocycles. The SMILES string of the molecule is O=C(NC(C(=O)N1CC(O)C[C@H]1C(=O)O)C1CC1)OCC1c2ccccc2-c2ccccc21. The van der Waals surface area contributed by atoms with E-state index in [-0.39, 0.29) is 31.4 Å². The average Bonchev–Trinajstić information content (AvgIpc) is 3.50. The summed E-state index contributed by atoms with van der Waals surface area (Å²) in [7, 11) is 0. The number of rotatable bonds is 6. The van der Waals surface area contributed by atoms with Crippen molar-refractivity contribution in [3.63, 3.8) is 0 Å². The number of β-amino-alcohol motifs (C(OH)–C–C–N with tert-alkyl or cyclic N) is 1. The molecule has 3 aliphatic rings. The lowest BCUT2D eigenvalue weighted by atomic mass is 9.98. The van der Waals surface area contributed by atoms with Gasteiger partial charge in [-0.1, -0.05) is 48.5 Å². The molecule has 0 bridgehead atoms.